The molecule has 0 saturated heterocycles. The number of rotatable bonds is 21. The van der Waals surface area contributed by atoms with Crippen molar-refractivity contribution in [2.45, 2.75) is 103 Å². The summed E-state index contributed by atoms with van der Waals surface area (Å²) in [6, 6.07) is -5.99. The third-order valence-electron chi connectivity index (χ3n) is 6.09. The van der Waals surface area contributed by atoms with E-state index in [9.17, 15) is 39.0 Å². The van der Waals surface area contributed by atoms with Gasteiger partial charge in [0, 0.05) is 6.42 Å². The predicted molar refractivity (Wildman–Crippen MR) is 151 cm³/mol. The Morgan fingerprint density at radius 2 is 1.12 bits per heavy atom. The first-order chi connectivity index (χ1) is 19.1. The number of aliphatic hydroxyl groups excluding tert-OH is 1. The number of nitrogens with one attached hydrogen (secondary N) is 4. The summed E-state index contributed by atoms with van der Waals surface area (Å²) in [6.07, 6.45) is 1.10. The van der Waals surface area contributed by atoms with Crippen LogP contribution in [0.15, 0.2) is 0 Å². The minimum absolute atomic E-state index is 0.0501. The van der Waals surface area contributed by atoms with Crippen molar-refractivity contribution in [3.8, 4) is 0 Å². The van der Waals surface area contributed by atoms with E-state index < -0.39 is 72.3 Å². The number of nitrogens with two attached hydrogens (primary N) is 3. The van der Waals surface area contributed by atoms with Gasteiger partial charge in [-0.2, -0.15) is 0 Å². The molecule has 0 aliphatic heterocycles. The van der Waals surface area contributed by atoms with Gasteiger partial charge in [-0.05, 0) is 56.9 Å². The molecular formula is C26H49N7O8. The van der Waals surface area contributed by atoms with E-state index >= 15 is 0 Å². The highest BCUT2D eigenvalue weighted by Crippen LogP contribution is 2.10. The number of hydrogen-bond donors (Lipinski definition) is 9. The zero-order valence-electron chi connectivity index (χ0n) is 24.5. The first kappa shape index (κ1) is 37.7. The van der Waals surface area contributed by atoms with Crippen LogP contribution in [-0.4, -0.2) is 89.1 Å². The Morgan fingerprint density at radius 3 is 1.59 bits per heavy atom. The summed E-state index contributed by atoms with van der Waals surface area (Å²) < 4.78 is 0. The average molecular weight is 588 g/mol. The van der Waals surface area contributed by atoms with Gasteiger partial charge in [0.15, 0.2) is 0 Å². The molecule has 12 N–H and O–H groups in total. The Bertz CT molecular complexity index is 884. The van der Waals surface area contributed by atoms with Crippen molar-refractivity contribution in [1.29, 1.82) is 0 Å². The van der Waals surface area contributed by atoms with Crippen molar-refractivity contribution in [3.05, 3.63) is 0 Å². The maximum Gasteiger partial charge on any atom is 0.326 e. The third kappa shape index (κ3) is 15.9. The molecule has 15 nitrogen and oxygen atoms in total. The van der Waals surface area contributed by atoms with Crippen molar-refractivity contribution in [1.82, 2.24) is 21.3 Å². The van der Waals surface area contributed by atoms with E-state index in [0.717, 1.165) is 0 Å². The number of carboxylic acids is 1. The van der Waals surface area contributed by atoms with E-state index in [0.29, 0.717) is 19.4 Å². The van der Waals surface area contributed by atoms with Gasteiger partial charge in [0.1, 0.15) is 30.2 Å². The lowest BCUT2D eigenvalue weighted by atomic mass is 10.00. The molecule has 0 aromatic carbocycles. The van der Waals surface area contributed by atoms with Crippen LogP contribution in [-0.2, 0) is 28.8 Å². The molecule has 0 spiro atoms. The van der Waals surface area contributed by atoms with E-state index in [1.54, 1.807) is 13.8 Å². The lowest BCUT2D eigenvalue weighted by molar-refractivity contribution is -0.143. The molecule has 5 amide bonds. The van der Waals surface area contributed by atoms with E-state index in [2.05, 4.69) is 21.3 Å². The largest absolute Gasteiger partial charge is 0.480 e. The van der Waals surface area contributed by atoms with Crippen LogP contribution in [0.25, 0.3) is 0 Å². The number of carbonyl (C=O) groups is 6. The normalized spacial score (nSPS) is 14.9. The van der Waals surface area contributed by atoms with Gasteiger partial charge in [-0.25, -0.2) is 4.79 Å². The maximum atomic E-state index is 13.3. The summed E-state index contributed by atoms with van der Waals surface area (Å²) in [5, 5.41) is 28.7. The SMILES string of the molecule is CC(C)C[C@H](NC(=O)[C@H](CCC(N)=O)NC(=O)[C@H](CC(C)C)NC(=O)[C@H](CCCCN)NC(=O)[C@@H](N)CO)C(=O)O. The standard InChI is InChI=1S/C26H49N7O8/c1-14(2)11-19(32-23(37)17(7-5-6-10-27)30-22(36)16(28)13-34)25(39)31-18(8-9-21(29)35)24(38)33-20(26(40)41)12-15(3)4/h14-20,34H,5-13,27-28H2,1-4H3,(H2,29,35)(H,30,36)(H,31,39)(H,32,37)(H,33,38)(H,40,41)/t16-,17-,18-,19-,20-/m0/s1. The van der Waals surface area contributed by atoms with Crippen LogP contribution in [0.3, 0.4) is 0 Å². The number of hydrogen-bond acceptors (Lipinski definition) is 9. The van der Waals surface area contributed by atoms with Crippen molar-refractivity contribution in [2.75, 3.05) is 13.2 Å². The summed E-state index contributed by atoms with van der Waals surface area (Å²) in [7, 11) is 0. The van der Waals surface area contributed by atoms with Gasteiger partial charge in [0.25, 0.3) is 0 Å². The van der Waals surface area contributed by atoms with Gasteiger partial charge in [0.2, 0.25) is 29.5 Å². The maximum absolute atomic E-state index is 13.3. The van der Waals surface area contributed by atoms with Crippen LogP contribution in [0.4, 0.5) is 0 Å². The number of aliphatic hydroxyl groups is 1. The van der Waals surface area contributed by atoms with Crippen LogP contribution >= 0.6 is 0 Å². The minimum atomic E-state index is -1.31. The molecule has 0 aliphatic rings. The van der Waals surface area contributed by atoms with Crippen molar-refractivity contribution in [3.63, 3.8) is 0 Å². The second-order valence-corrected chi connectivity index (χ2v) is 10.9. The second-order valence-electron chi connectivity index (χ2n) is 10.9. The molecule has 0 aliphatic carbocycles. The van der Waals surface area contributed by atoms with Gasteiger partial charge < -0.3 is 48.7 Å². The number of primary amides is 1. The molecular weight excluding hydrogens is 538 g/mol. The Hall–Kier alpha value is -3.30. The molecule has 5 atom stereocenters. The Morgan fingerprint density at radius 1 is 0.683 bits per heavy atom. The van der Waals surface area contributed by atoms with Crippen LogP contribution in [0.5, 0.6) is 0 Å². The fraction of sp³-hybridized carbons (Fsp3) is 0.769. The molecule has 0 aromatic rings. The molecule has 0 saturated carbocycles. The zero-order chi connectivity index (χ0) is 31.7. The lowest BCUT2D eigenvalue weighted by Gasteiger charge is -2.27. The van der Waals surface area contributed by atoms with Crippen molar-refractivity contribution < 1.29 is 39.0 Å². The molecule has 41 heavy (non-hydrogen) atoms. The van der Waals surface area contributed by atoms with E-state index in [-0.39, 0.29) is 43.9 Å². The average Bonchev–Trinajstić information content (AvgIpc) is 2.88. The summed E-state index contributed by atoms with van der Waals surface area (Å²) >= 11 is 0. The number of carbonyl (C=O) groups excluding carboxylic acids is 5. The highest BCUT2D eigenvalue weighted by atomic mass is 16.4. The monoisotopic (exact) mass is 587 g/mol. The molecule has 0 radical (unpaired) electrons. The van der Waals surface area contributed by atoms with Crippen molar-refractivity contribution in [2.24, 2.45) is 29.0 Å². The van der Waals surface area contributed by atoms with Gasteiger partial charge in [-0.1, -0.05) is 27.7 Å². The van der Waals surface area contributed by atoms with E-state index in [1.165, 1.54) is 0 Å². The molecule has 0 aromatic heterocycles. The van der Waals surface area contributed by atoms with Gasteiger partial charge in [-0.3, -0.25) is 24.0 Å². The first-order valence-electron chi connectivity index (χ1n) is 13.9. The quantitative estimate of drug-likeness (QED) is 0.0655. The molecule has 236 valence electrons. The van der Waals surface area contributed by atoms with E-state index in [1.807, 2.05) is 13.8 Å². The van der Waals surface area contributed by atoms with Crippen LogP contribution in [0.2, 0.25) is 0 Å². The summed E-state index contributed by atoms with van der Waals surface area (Å²) in [5.41, 5.74) is 16.3. The van der Waals surface area contributed by atoms with Crippen LogP contribution < -0.4 is 38.5 Å². The second kappa shape index (κ2) is 19.7. The predicted octanol–water partition coefficient (Wildman–Crippen LogP) is -2.18. The number of carboxylic acid groups (broad SMARTS) is 1. The van der Waals surface area contributed by atoms with Gasteiger partial charge in [-0.15, -0.1) is 0 Å². The Kier molecular flexibility index (Phi) is 18.1. The minimum Gasteiger partial charge on any atom is -0.480 e. The molecule has 0 unspecified atom stereocenters. The Balaban J connectivity index is 5.89. The topological polar surface area (TPSA) is 269 Å². The number of aliphatic carboxylic acids is 1. The lowest BCUT2D eigenvalue weighted by Crippen LogP contribution is -2.59. The first-order valence-corrected chi connectivity index (χ1v) is 13.9. The van der Waals surface area contributed by atoms with Crippen LogP contribution in [0, 0.1) is 11.8 Å². The Labute approximate surface area is 241 Å². The fourth-order valence-electron chi connectivity index (χ4n) is 3.89. The zero-order valence-corrected chi connectivity index (χ0v) is 24.5. The smallest absolute Gasteiger partial charge is 0.326 e. The molecule has 15 heteroatoms. The number of unbranched alkanes of at least 4 members (excludes halogenated alkanes) is 1. The molecule has 0 bridgehead atoms. The number of amides is 5. The highest BCUT2D eigenvalue weighted by Gasteiger charge is 2.32. The van der Waals surface area contributed by atoms with E-state index in [4.69, 9.17) is 17.2 Å². The summed E-state index contributed by atoms with van der Waals surface area (Å²) in [6.45, 7) is 6.94. The van der Waals surface area contributed by atoms with Crippen LogP contribution in [0.1, 0.15) is 72.6 Å². The van der Waals surface area contributed by atoms with Gasteiger partial charge >= 0.3 is 5.97 Å². The molecule has 0 heterocycles. The van der Waals surface area contributed by atoms with Crippen molar-refractivity contribution >= 4 is 35.5 Å². The molecule has 0 fully saturated rings. The third-order valence-corrected chi connectivity index (χ3v) is 6.09. The van der Waals surface area contributed by atoms with Gasteiger partial charge in [0.05, 0.1) is 6.61 Å². The molecule has 0 rings (SSSR count). The fourth-order valence-corrected chi connectivity index (χ4v) is 3.89. The summed E-state index contributed by atoms with van der Waals surface area (Å²) in [5.74, 6) is -5.09. The summed E-state index contributed by atoms with van der Waals surface area (Å²) in [4.78, 5) is 74.9. The highest BCUT2D eigenvalue weighted by molar-refractivity contribution is 5.95.